The summed E-state index contributed by atoms with van der Waals surface area (Å²) in [4.78, 5) is 0. The zero-order valence-electron chi connectivity index (χ0n) is 5.94. The lowest BCUT2D eigenvalue weighted by Crippen LogP contribution is -1.92. The number of unbranched alkanes of at least 4 members (excludes halogenated alkanes) is 2. The lowest BCUT2D eigenvalue weighted by molar-refractivity contribution is 0.156. The summed E-state index contributed by atoms with van der Waals surface area (Å²) in [5, 5.41) is 0. The second-order valence-corrected chi connectivity index (χ2v) is 1.90. The Morgan fingerprint density at radius 2 is 2.11 bits per heavy atom. The minimum Gasteiger partial charge on any atom is -0.381 e. The topological polar surface area (TPSA) is 9.23 Å². The van der Waals surface area contributed by atoms with E-state index in [0.29, 0.717) is 6.61 Å². The summed E-state index contributed by atoms with van der Waals surface area (Å²) < 4.78 is 5.03. The molecule has 0 N–H and O–H groups in total. The average molecular weight is 127 g/mol. The standard InChI is InChI=1S/C8H15O/c1-3-5-6-7-8-9-4-2/h3H,1-2,4-8H2. The Kier molecular flexibility index (Phi) is 7.44. The fourth-order valence-electron chi connectivity index (χ4n) is 0.595. The molecule has 1 heteroatoms. The van der Waals surface area contributed by atoms with Gasteiger partial charge in [-0.05, 0) is 26.2 Å². The van der Waals surface area contributed by atoms with Crippen LogP contribution in [0.2, 0.25) is 0 Å². The van der Waals surface area contributed by atoms with E-state index in [1.54, 1.807) is 0 Å². The molecule has 53 valence electrons. The van der Waals surface area contributed by atoms with Crippen LogP contribution in [0.4, 0.5) is 0 Å². The van der Waals surface area contributed by atoms with Gasteiger partial charge in [-0.25, -0.2) is 0 Å². The Morgan fingerprint density at radius 1 is 1.33 bits per heavy atom. The van der Waals surface area contributed by atoms with Gasteiger partial charge in [-0.3, -0.25) is 0 Å². The van der Waals surface area contributed by atoms with E-state index in [4.69, 9.17) is 4.74 Å². The Labute approximate surface area is 57.7 Å². The molecular weight excluding hydrogens is 112 g/mol. The fourth-order valence-corrected chi connectivity index (χ4v) is 0.595. The van der Waals surface area contributed by atoms with Crippen LogP contribution >= 0.6 is 0 Å². The van der Waals surface area contributed by atoms with E-state index in [9.17, 15) is 0 Å². The predicted molar refractivity (Wildman–Crippen MR) is 40.2 cm³/mol. The van der Waals surface area contributed by atoms with Crippen molar-refractivity contribution in [2.45, 2.75) is 19.3 Å². The van der Waals surface area contributed by atoms with Crippen molar-refractivity contribution in [3.8, 4) is 0 Å². The molecule has 0 aromatic carbocycles. The van der Waals surface area contributed by atoms with Gasteiger partial charge in [-0.15, -0.1) is 6.58 Å². The van der Waals surface area contributed by atoms with Gasteiger partial charge < -0.3 is 4.74 Å². The minimum atomic E-state index is 0.591. The molecule has 0 unspecified atom stereocenters. The number of ether oxygens (including phenoxy) is 1. The van der Waals surface area contributed by atoms with Crippen LogP contribution in [0.15, 0.2) is 12.7 Å². The molecule has 0 saturated heterocycles. The Morgan fingerprint density at radius 3 is 2.67 bits per heavy atom. The van der Waals surface area contributed by atoms with Crippen molar-refractivity contribution in [3.05, 3.63) is 19.6 Å². The number of allylic oxidation sites excluding steroid dienone is 1. The Balaban J connectivity index is 2.66. The van der Waals surface area contributed by atoms with Crippen molar-refractivity contribution in [1.29, 1.82) is 0 Å². The van der Waals surface area contributed by atoms with Crippen LogP contribution in [-0.4, -0.2) is 13.2 Å². The summed E-state index contributed by atoms with van der Waals surface area (Å²) in [7, 11) is 0. The second-order valence-electron chi connectivity index (χ2n) is 1.90. The maximum absolute atomic E-state index is 5.03. The summed E-state index contributed by atoms with van der Waals surface area (Å²) in [5.74, 6) is 0. The molecule has 0 aliphatic heterocycles. The largest absolute Gasteiger partial charge is 0.381 e. The van der Waals surface area contributed by atoms with E-state index < -0.39 is 0 Å². The van der Waals surface area contributed by atoms with Gasteiger partial charge in [-0.1, -0.05) is 6.08 Å². The van der Waals surface area contributed by atoms with Crippen molar-refractivity contribution in [2.75, 3.05) is 13.2 Å². The number of hydrogen-bond donors (Lipinski definition) is 0. The molecule has 1 radical (unpaired) electrons. The zero-order valence-corrected chi connectivity index (χ0v) is 5.94. The molecule has 9 heavy (non-hydrogen) atoms. The number of hydrogen-bond acceptors (Lipinski definition) is 1. The van der Waals surface area contributed by atoms with Gasteiger partial charge in [0.05, 0.1) is 0 Å². The normalized spacial score (nSPS) is 9.44. The molecular formula is C8H15O. The maximum Gasteiger partial charge on any atom is 0.0466 e. The molecule has 0 aromatic heterocycles. The summed E-state index contributed by atoms with van der Waals surface area (Å²) >= 11 is 0. The molecule has 0 amide bonds. The van der Waals surface area contributed by atoms with Crippen LogP contribution in [0.5, 0.6) is 0 Å². The van der Waals surface area contributed by atoms with Crippen LogP contribution in [0.3, 0.4) is 0 Å². The first-order valence-corrected chi connectivity index (χ1v) is 3.39. The molecule has 0 spiro atoms. The predicted octanol–water partition coefficient (Wildman–Crippen LogP) is 2.19. The summed E-state index contributed by atoms with van der Waals surface area (Å²) in [6.45, 7) is 8.62. The first-order chi connectivity index (χ1) is 4.41. The van der Waals surface area contributed by atoms with Crippen molar-refractivity contribution in [2.24, 2.45) is 0 Å². The van der Waals surface area contributed by atoms with Crippen LogP contribution < -0.4 is 0 Å². The summed E-state index contributed by atoms with van der Waals surface area (Å²) in [5.41, 5.74) is 0. The Bertz CT molecular complexity index is 59.6. The quantitative estimate of drug-likeness (QED) is 0.392. The first-order valence-electron chi connectivity index (χ1n) is 3.39. The van der Waals surface area contributed by atoms with E-state index in [-0.39, 0.29) is 0 Å². The highest BCUT2D eigenvalue weighted by atomic mass is 16.5. The van der Waals surface area contributed by atoms with Crippen LogP contribution in [-0.2, 0) is 4.74 Å². The molecule has 0 aromatic rings. The van der Waals surface area contributed by atoms with Crippen molar-refractivity contribution in [1.82, 2.24) is 0 Å². The summed E-state index contributed by atoms with van der Waals surface area (Å²) in [6.07, 6.45) is 5.34. The maximum atomic E-state index is 5.03. The third-order valence-corrected chi connectivity index (χ3v) is 1.09. The summed E-state index contributed by atoms with van der Waals surface area (Å²) in [6, 6.07) is 0. The van der Waals surface area contributed by atoms with Crippen molar-refractivity contribution < 1.29 is 4.74 Å². The number of rotatable bonds is 6. The highest BCUT2D eigenvalue weighted by Crippen LogP contribution is 1.95. The van der Waals surface area contributed by atoms with Crippen LogP contribution in [0.25, 0.3) is 0 Å². The molecule has 0 rings (SSSR count). The smallest absolute Gasteiger partial charge is 0.0466 e. The zero-order chi connectivity index (χ0) is 6.95. The van der Waals surface area contributed by atoms with Gasteiger partial charge in [0, 0.05) is 13.2 Å². The highest BCUT2D eigenvalue weighted by molar-refractivity contribution is 4.65. The van der Waals surface area contributed by atoms with Crippen LogP contribution in [0.1, 0.15) is 19.3 Å². The fraction of sp³-hybridized carbons (Fsp3) is 0.625. The SMILES string of the molecule is [CH2]COCCCCC=C. The molecule has 0 aliphatic carbocycles. The van der Waals surface area contributed by atoms with Crippen LogP contribution in [0, 0.1) is 6.92 Å². The van der Waals surface area contributed by atoms with Gasteiger partial charge >= 0.3 is 0 Å². The molecule has 0 aliphatic rings. The lowest BCUT2D eigenvalue weighted by Gasteiger charge is -1.97. The molecule has 1 nitrogen and oxygen atoms in total. The monoisotopic (exact) mass is 127 g/mol. The highest BCUT2D eigenvalue weighted by Gasteiger charge is 1.83. The molecule has 0 saturated carbocycles. The van der Waals surface area contributed by atoms with Gasteiger partial charge in [0.2, 0.25) is 0 Å². The third kappa shape index (κ3) is 7.70. The van der Waals surface area contributed by atoms with Gasteiger partial charge in [0.1, 0.15) is 0 Å². The van der Waals surface area contributed by atoms with E-state index in [0.717, 1.165) is 19.4 Å². The Hall–Kier alpha value is -0.300. The molecule has 0 fully saturated rings. The van der Waals surface area contributed by atoms with E-state index in [1.807, 2.05) is 6.08 Å². The molecule has 0 bridgehead atoms. The van der Waals surface area contributed by atoms with Crippen molar-refractivity contribution >= 4 is 0 Å². The lowest BCUT2D eigenvalue weighted by atomic mass is 10.2. The second kappa shape index (κ2) is 7.70. The van der Waals surface area contributed by atoms with Gasteiger partial charge in [0.25, 0.3) is 0 Å². The third-order valence-electron chi connectivity index (χ3n) is 1.09. The van der Waals surface area contributed by atoms with Gasteiger partial charge in [-0.2, -0.15) is 0 Å². The average Bonchev–Trinajstić information content (AvgIpc) is 1.89. The first kappa shape index (κ1) is 8.70. The van der Waals surface area contributed by atoms with Crippen molar-refractivity contribution in [3.63, 3.8) is 0 Å². The van der Waals surface area contributed by atoms with E-state index in [1.165, 1.54) is 6.42 Å². The van der Waals surface area contributed by atoms with E-state index >= 15 is 0 Å². The molecule has 0 heterocycles. The molecule has 0 atom stereocenters. The van der Waals surface area contributed by atoms with Gasteiger partial charge in [0.15, 0.2) is 0 Å². The minimum absolute atomic E-state index is 0.591. The van der Waals surface area contributed by atoms with E-state index in [2.05, 4.69) is 13.5 Å².